The van der Waals surface area contributed by atoms with Crippen molar-refractivity contribution in [2.24, 2.45) is 11.7 Å². The summed E-state index contributed by atoms with van der Waals surface area (Å²) < 4.78 is 5.37. The SMILES string of the molecule is CC(C)C(N)Cc1nc(C2CCc3ccccc32)no1. The second-order valence-electron chi connectivity index (χ2n) is 5.95. The highest BCUT2D eigenvalue weighted by Crippen LogP contribution is 2.36. The van der Waals surface area contributed by atoms with Crippen LogP contribution in [0.2, 0.25) is 0 Å². The van der Waals surface area contributed by atoms with Crippen LogP contribution in [0, 0.1) is 5.92 Å². The minimum absolute atomic E-state index is 0.0687. The fourth-order valence-electron chi connectivity index (χ4n) is 2.76. The smallest absolute Gasteiger partial charge is 0.228 e. The lowest BCUT2D eigenvalue weighted by atomic mass is 10.0. The van der Waals surface area contributed by atoms with E-state index in [4.69, 9.17) is 10.3 Å². The number of hydrogen-bond acceptors (Lipinski definition) is 4. The van der Waals surface area contributed by atoms with E-state index >= 15 is 0 Å². The van der Waals surface area contributed by atoms with E-state index in [-0.39, 0.29) is 12.0 Å². The molecule has 4 heteroatoms. The van der Waals surface area contributed by atoms with E-state index in [0.717, 1.165) is 18.7 Å². The topological polar surface area (TPSA) is 64.9 Å². The molecule has 0 aliphatic heterocycles. The van der Waals surface area contributed by atoms with Gasteiger partial charge >= 0.3 is 0 Å². The first-order valence-electron chi connectivity index (χ1n) is 7.31. The number of rotatable bonds is 4. The first-order valence-corrected chi connectivity index (χ1v) is 7.31. The molecule has 0 radical (unpaired) electrons. The van der Waals surface area contributed by atoms with Gasteiger partial charge in [-0.05, 0) is 29.9 Å². The Balaban J connectivity index is 1.78. The van der Waals surface area contributed by atoms with E-state index in [9.17, 15) is 0 Å². The third-order valence-electron chi connectivity index (χ3n) is 4.19. The molecule has 2 atom stereocenters. The summed E-state index contributed by atoms with van der Waals surface area (Å²) >= 11 is 0. The van der Waals surface area contributed by atoms with Gasteiger partial charge in [-0.1, -0.05) is 43.3 Å². The first kappa shape index (κ1) is 13.3. The number of nitrogens with two attached hydrogens (primary N) is 1. The van der Waals surface area contributed by atoms with Crippen LogP contribution in [0.4, 0.5) is 0 Å². The summed E-state index contributed by atoms with van der Waals surface area (Å²) in [7, 11) is 0. The van der Waals surface area contributed by atoms with Crippen LogP contribution in [0.5, 0.6) is 0 Å². The van der Waals surface area contributed by atoms with E-state index in [0.29, 0.717) is 18.2 Å². The maximum atomic E-state index is 6.06. The zero-order valence-corrected chi connectivity index (χ0v) is 12.0. The predicted octanol–water partition coefficient (Wildman–Crippen LogP) is 2.67. The lowest BCUT2D eigenvalue weighted by Crippen LogP contribution is -2.28. The average Bonchev–Trinajstić information content (AvgIpc) is 3.04. The van der Waals surface area contributed by atoms with Crippen LogP contribution in [0.1, 0.15) is 49.0 Å². The summed E-state index contributed by atoms with van der Waals surface area (Å²) in [5.41, 5.74) is 8.81. The molecule has 0 fully saturated rings. The lowest BCUT2D eigenvalue weighted by Gasteiger charge is -2.12. The van der Waals surface area contributed by atoms with Gasteiger partial charge in [0.1, 0.15) is 0 Å². The van der Waals surface area contributed by atoms with Gasteiger partial charge in [0.25, 0.3) is 0 Å². The van der Waals surface area contributed by atoms with Gasteiger partial charge in [-0.15, -0.1) is 0 Å². The maximum absolute atomic E-state index is 6.06. The predicted molar refractivity (Wildman–Crippen MR) is 77.4 cm³/mol. The molecule has 2 unspecified atom stereocenters. The molecule has 1 heterocycles. The Bertz CT molecular complexity index is 591. The summed E-state index contributed by atoms with van der Waals surface area (Å²) in [5.74, 6) is 2.16. The fourth-order valence-corrected chi connectivity index (χ4v) is 2.76. The Morgan fingerprint density at radius 3 is 2.95 bits per heavy atom. The molecule has 0 saturated heterocycles. The van der Waals surface area contributed by atoms with Crippen LogP contribution in [0.3, 0.4) is 0 Å². The summed E-state index contributed by atoms with van der Waals surface area (Å²) in [6.07, 6.45) is 2.81. The Morgan fingerprint density at radius 2 is 2.15 bits per heavy atom. The van der Waals surface area contributed by atoms with Gasteiger partial charge in [0, 0.05) is 18.4 Å². The number of aryl methyl sites for hydroxylation is 1. The van der Waals surface area contributed by atoms with Crippen molar-refractivity contribution in [3.63, 3.8) is 0 Å². The minimum Gasteiger partial charge on any atom is -0.339 e. The van der Waals surface area contributed by atoms with E-state index in [1.165, 1.54) is 11.1 Å². The highest BCUT2D eigenvalue weighted by atomic mass is 16.5. The summed E-state index contributed by atoms with van der Waals surface area (Å²) in [5, 5.41) is 4.17. The molecule has 2 aromatic rings. The van der Waals surface area contributed by atoms with Crippen LogP contribution in [-0.4, -0.2) is 16.2 Å². The van der Waals surface area contributed by atoms with Crippen molar-refractivity contribution in [2.75, 3.05) is 0 Å². The number of nitrogens with zero attached hydrogens (tertiary/aromatic N) is 2. The van der Waals surface area contributed by atoms with Gasteiger partial charge < -0.3 is 10.3 Å². The highest BCUT2D eigenvalue weighted by Gasteiger charge is 2.27. The van der Waals surface area contributed by atoms with Gasteiger partial charge in [-0.25, -0.2) is 0 Å². The molecule has 1 aliphatic carbocycles. The van der Waals surface area contributed by atoms with Crippen LogP contribution in [-0.2, 0) is 12.8 Å². The summed E-state index contributed by atoms with van der Waals surface area (Å²) in [6, 6.07) is 8.59. The zero-order valence-electron chi connectivity index (χ0n) is 12.0. The number of hydrogen-bond donors (Lipinski definition) is 1. The molecule has 1 aromatic carbocycles. The third kappa shape index (κ3) is 2.48. The van der Waals surface area contributed by atoms with Crippen molar-refractivity contribution in [3.05, 3.63) is 47.1 Å². The van der Waals surface area contributed by atoms with E-state index < -0.39 is 0 Å². The second-order valence-corrected chi connectivity index (χ2v) is 5.95. The molecule has 0 amide bonds. The average molecular weight is 271 g/mol. The highest BCUT2D eigenvalue weighted by molar-refractivity contribution is 5.38. The van der Waals surface area contributed by atoms with Crippen LogP contribution in [0.25, 0.3) is 0 Å². The Hall–Kier alpha value is -1.68. The zero-order chi connectivity index (χ0) is 14.1. The summed E-state index contributed by atoms with van der Waals surface area (Å²) in [6.45, 7) is 4.21. The van der Waals surface area contributed by atoms with Crippen molar-refractivity contribution in [1.82, 2.24) is 10.1 Å². The molecule has 2 N–H and O–H groups in total. The molecule has 0 spiro atoms. The monoisotopic (exact) mass is 271 g/mol. The number of benzene rings is 1. The van der Waals surface area contributed by atoms with Crippen molar-refractivity contribution in [3.8, 4) is 0 Å². The maximum Gasteiger partial charge on any atom is 0.228 e. The number of fused-ring (bicyclic) bond motifs is 1. The molecular weight excluding hydrogens is 250 g/mol. The standard InChI is InChI=1S/C16H21N3O/c1-10(2)14(17)9-15-18-16(19-20-15)13-8-7-11-5-3-4-6-12(11)13/h3-6,10,13-14H,7-9,17H2,1-2H3. The molecule has 4 nitrogen and oxygen atoms in total. The Kier molecular flexibility index (Phi) is 3.57. The van der Waals surface area contributed by atoms with Crippen LogP contribution >= 0.6 is 0 Å². The van der Waals surface area contributed by atoms with Gasteiger partial charge in [0.05, 0.1) is 0 Å². The first-order chi connectivity index (χ1) is 9.65. The van der Waals surface area contributed by atoms with Crippen molar-refractivity contribution < 1.29 is 4.52 Å². The van der Waals surface area contributed by atoms with Crippen LogP contribution < -0.4 is 5.73 Å². The van der Waals surface area contributed by atoms with E-state index in [1.54, 1.807) is 0 Å². The molecule has 1 aliphatic rings. The Morgan fingerprint density at radius 1 is 1.35 bits per heavy atom. The lowest BCUT2D eigenvalue weighted by molar-refractivity contribution is 0.348. The fraction of sp³-hybridized carbons (Fsp3) is 0.500. The van der Waals surface area contributed by atoms with E-state index in [1.807, 2.05) is 0 Å². The van der Waals surface area contributed by atoms with Crippen molar-refractivity contribution >= 4 is 0 Å². The molecule has 20 heavy (non-hydrogen) atoms. The van der Waals surface area contributed by atoms with E-state index in [2.05, 4.69) is 48.3 Å². The van der Waals surface area contributed by atoms with Gasteiger partial charge in [0.15, 0.2) is 5.82 Å². The largest absolute Gasteiger partial charge is 0.339 e. The Labute approximate surface area is 119 Å². The van der Waals surface area contributed by atoms with Crippen molar-refractivity contribution in [2.45, 2.75) is 45.1 Å². The van der Waals surface area contributed by atoms with Gasteiger partial charge in [-0.3, -0.25) is 0 Å². The minimum atomic E-state index is 0.0687. The molecule has 0 bridgehead atoms. The quantitative estimate of drug-likeness (QED) is 0.928. The summed E-state index contributed by atoms with van der Waals surface area (Å²) in [4.78, 5) is 4.56. The van der Waals surface area contributed by atoms with Gasteiger partial charge in [0.2, 0.25) is 5.89 Å². The van der Waals surface area contributed by atoms with Crippen LogP contribution in [0.15, 0.2) is 28.8 Å². The molecular formula is C16H21N3O. The molecule has 106 valence electrons. The second kappa shape index (κ2) is 5.37. The molecule has 3 rings (SSSR count). The normalized spacial score (nSPS) is 19.3. The number of aromatic nitrogens is 2. The third-order valence-corrected chi connectivity index (χ3v) is 4.19. The molecule has 1 aromatic heterocycles. The van der Waals surface area contributed by atoms with Crippen molar-refractivity contribution in [1.29, 1.82) is 0 Å². The molecule has 0 saturated carbocycles. The van der Waals surface area contributed by atoms with Gasteiger partial charge in [-0.2, -0.15) is 4.98 Å².